The highest BCUT2D eigenvalue weighted by Crippen LogP contribution is 2.18. The van der Waals surface area contributed by atoms with Crippen molar-refractivity contribution in [1.82, 2.24) is 10.2 Å². The second-order valence-electron chi connectivity index (χ2n) is 5.04. The first-order valence-electron chi connectivity index (χ1n) is 6.63. The molecule has 0 saturated heterocycles. The van der Waals surface area contributed by atoms with Crippen molar-refractivity contribution in [1.29, 1.82) is 0 Å². The van der Waals surface area contributed by atoms with Crippen LogP contribution in [-0.2, 0) is 0 Å². The molecule has 0 aliphatic rings. The Morgan fingerprint density at radius 1 is 1.37 bits per heavy atom. The number of hydrogen-bond donors (Lipinski definition) is 1. The highest BCUT2D eigenvalue weighted by Gasteiger charge is 2.10. The van der Waals surface area contributed by atoms with E-state index in [4.69, 9.17) is 0 Å². The van der Waals surface area contributed by atoms with Gasteiger partial charge in [0.2, 0.25) is 0 Å². The first-order valence-corrected chi connectivity index (χ1v) is 6.63. The molecule has 0 radical (unpaired) electrons. The number of nitrogens with one attached hydrogen (secondary N) is 1. The van der Waals surface area contributed by atoms with Gasteiger partial charge in [-0.2, -0.15) is 0 Å². The topological polar surface area (TPSA) is 58.4 Å². The quantitative estimate of drug-likeness (QED) is 0.446. The van der Waals surface area contributed by atoms with Gasteiger partial charge in [-0.25, -0.2) is 0 Å². The normalized spacial score (nSPS) is 12.6. The fraction of sp³-hybridized carbons (Fsp3) is 0.571. The number of hydrogen-bond acceptors (Lipinski definition) is 4. The molecule has 19 heavy (non-hydrogen) atoms. The Balaban J connectivity index is 2.38. The molecule has 1 atom stereocenters. The molecule has 0 aliphatic carbocycles. The van der Waals surface area contributed by atoms with Gasteiger partial charge in [0, 0.05) is 18.2 Å². The maximum atomic E-state index is 10.7. The molecular formula is C14H23N3O2. The number of benzene rings is 1. The summed E-state index contributed by atoms with van der Waals surface area (Å²) in [7, 11) is 4.14. The van der Waals surface area contributed by atoms with Gasteiger partial charge in [-0.3, -0.25) is 10.1 Å². The molecular weight excluding hydrogens is 242 g/mol. The average Bonchev–Trinajstić information content (AvgIpc) is 2.37. The van der Waals surface area contributed by atoms with Gasteiger partial charge >= 0.3 is 0 Å². The Hall–Kier alpha value is -1.46. The smallest absolute Gasteiger partial charge is 0.269 e. The van der Waals surface area contributed by atoms with Crippen LogP contribution in [0.3, 0.4) is 0 Å². The van der Waals surface area contributed by atoms with Crippen molar-refractivity contribution in [3.63, 3.8) is 0 Å². The number of rotatable bonds is 8. The Morgan fingerprint density at radius 3 is 2.74 bits per heavy atom. The summed E-state index contributed by atoms with van der Waals surface area (Å²) < 4.78 is 0. The van der Waals surface area contributed by atoms with Gasteiger partial charge in [0.05, 0.1) is 4.92 Å². The lowest BCUT2D eigenvalue weighted by Gasteiger charge is -2.15. The second-order valence-corrected chi connectivity index (χ2v) is 5.04. The fourth-order valence-corrected chi connectivity index (χ4v) is 1.90. The predicted octanol–water partition coefficient (Wildman–Crippen LogP) is 2.59. The number of nitro benzene ring substituents is 1. The molecule has 5 heteroatoms. The van der Waals surface area contributed by atoms with E-state index in [0.29, 0.717) is 0 Å². The molecule has 1 rings (SSSR count). The predicted molar refractivity (Wildman–Crippen MR) is 77.3 cm³/mol. The molecule has 0 bridgehead atoms. The van der Waals surface area contributed by atoms with Gasteiger partial charge in [-0.1, -0.05) is 12.1 Å². The molecule has 1 aromatic rings. The molecule has 0 heterocycles. The second kappa shape index (κ2) is 7.86. The van der Waals surface area contributed by atoms with E-state index < -0.39 is 0 Å². The molecule has 1 N–H and O–H groups in total. The Morgan fingerprint density at radius 2 is 2.11 bits per heavy atom. The van der Waals surface area contributed by atoms with Crippen LogP contribution in [0.15, 0.2) is 24.3 Å². The third-order valence-corrected chi connectivity index (χ3v) is 3.06. The molecule has 0 amide bonds. The van der Waals surface area contributed by atoms with Crippen molar-refractivity contribution >= 4 is 5.69 Å². The summed E-state index contributed by atoms with van der Waals surface area (Å²) in [5.41, 5.74) is 1.11. The number of non-ortho nitro benzene ring substituents is 1. The van der Waals surface area contributed by atoms with Gasteiger partial charge in [-0.15, -0.1) is 0 Å². The van der Waals surface area contributed by atoms with Crippen LogP contribution in [0, 0.1) is 10.1 Å². The zero-order valence-corrected chi connectivity index (χ0v) is 11.9. The molecule has 0 spiro atoms. The summed E-state index contributed by atoms with van der Waals surface area (Å²) in [5.74, 6) is 0. The van der Waals surface area contributed by atoms with Crippen LogP contribution in [0.25, 0.3) is 0 Å². The minimum absolute atomic E-state index is 0.138. The van der Waals surface area contributed by atoms with E-state index in [1.165, 1.54) is 6.07 Å². The summed E-state index contributed by atoms with van der Waals surface area (Å²) >= 11 is 0. The van der Waals surface area contributed by atoms with Gasteiger partial charge < -0.3 is 10.2 Å². The number of nitrogens with zero attached hydrogens (tertiary/aromatic N) is 2. The maximum absolute atomic E-state index is 10.7. The maximum Gasteiger partial charge on any atom is 0.269 e. The van der Waals surface area contributed by atoms with E-state index in [2.05, 4.69) is 24.3 Å². The lowest BCUT2D eigenvalue weighted by atomic mass is 10.1. The van der Waals surface area contributed by atoms with Crippen LogP contribution >= 0.6 is 0 Å². The van der Waals surface area contributed by atoms with Crippen molar-refractivity contribution in [3.8, 4) is 0 Å². The van der Waals surface area contributed by atoms with Crippen molar-refractivity contribution in [3.05, 3.63) is 39.9 Å². The zero-order valence-electron chi connectivity index (χ0n) is 11.9. The summed E-state index contributed by atoms with van der Waals surface area (Å²) in [6.45, 7) is 4.05. The zero-order chi connectivity index (χ0) is 14.3. The van der Waals surface area contributed by atoms with Crippen LogP contribution in [0.4, 0.5) is 5.69 Å². The van der Waals surface area contributed by atoms with Crippen LogP contribution in [0.5, 0.6) is 0 Å². The molecule has 5 nitrogen and oxygen atoms in total. The highest BCUT2D eigenvalue weighted by atomic mass is 16.6. The summed E-state index contributed by atoms with van der Waals surface area (Å²) in [5, 5.41) is 14.1. The third kappa shape index (κ3) is 5.81. The molecule has 0 saturated carbocycles. The van der Waals surface area contributed by atoms with Crippen LogP contribution in [-0.4, -0.2) is 37.0 Å². The molecule has 0 aliphatic heterocycles. The van der Waals surface area contributed by atoms with Crippen molar-refractivity contribution in [2.24, 2.45) is 0 Å². The number of unbranched alkanes of at least 4 members (excludes halogenated alkanes) is 1. The highest BCUT2D eigenvalue weighted by molar-refractivity contribution is 5.35. The van der Waals surface area contributed by atoms with Crippen molar-refractivity contribution in [2.45, 2.75) is 25.8 Å². The third-order valence-electron chi connectivity index (χ3n) is 3.06. The first-order chi connectivity index (χ1) is 9.00. The SMILES string of the molecule is CC(NCCCCN(C)C)c1cccc([N+](=O)[O-])c1. The molecule has 1 unspecified atom stereocenters. The minimum Gasteiger partial charge on any atom is -0.310 e. The van der Waals surface area contributed by atoms with Crippen molar-refractivity contribution in [2.75, 3.05) is 27.2 Å². The van der Waals surface area contributed by atoms with Crippen LogP contribution in [0.2, 0.25) is 0 Å². The lowest BCUT2D eigenvalue weighted by Crippen LogP contribution is -2.21. The van der Waals surface area contributed by atoms with Gasteiger partial charge in [0.15, 0.2) is 0 Å². The monoisotopic (exact) mass is 265 g/mol. The van der Waals surface area contributed by atoms with Gasteiger partial charge in [0.1, 0.15) is 0 Å². The molecule has 0 fully saturated rings. The summed E-state index contributed by atoms with van der Waals surface area (Å²) in [6, 6.07) is 6.95. The lowest BCUT2D eigenvalue weighted by molar-refractivity contribution is -0.384. The molecule has 0 aromatic heterocycles. The van der Waals surface area contributed by atoms with Crippen LogP contribution in [0.1, 0.15) is 31.4 Å². The Bertz CT molecular complexity index is 407. The molecule has 1 aromatic carbocycles. The van der Waals surface area contributed by atoms with E-state index in [0.717, 1.165) is 31.5 Å². The van der Waals surface area contributed by atoms with E-state index >= 15 is 0 Å². The largest absolute Gasteiger partial charge is 0.310 e. The Kier molecular flexibility index (Phi) is 6.45. The van der Waals surface area contributed by atoms with E-state index in [-0.39, 0.29) is 16.7 Å². The minimum atomic E-state index is -0.354. The molecule has 106 valence electrons. The summed E-state index contributed by atoms with van der Waals surface area (Å²) in [6.07, 6.45) is 2.26. The van der Waals surface area contributed by atoms with Gasteiger partial charge in [-0.05, 0) is 52.5 Å². The standard InChI is InChI=1S/C14H23N3O2/c1-12(15-9-4-5-10-16(2)3)13-7-6-8-14(11-13)17(18)19/h6-8,11-12,15H,4-5,9-10H2,1-3H3. The fourth-order valence-electron chi connectivity index (χ4n) is 1.90. The van der Waals surface area contributed by atoms with Crippen LogP contribution < -0.4 is 5.32 Å². The van der Waals surface area contributed by atoms with E-state index in [9.17, 15) is 10.1 Å². The first kappa shape index (κ1) is 15.6. The van der Waals surface area contributed by atoms with Crippen molar-refractivity contribution < 1.29 is 4.92 Å². The van der Waals surface area contributed by atoms with E-state index in [1.807, 2.05) is 13.0 Å². The average molecular weight is 265 g/mol. The van der Waals surface area contributed by atoms with E-state index in [1.54, 1.807) is 12.1 Å². The number of nitro groups is 1. The summed E-state index contributed by atoms with van der Waals surface area (Å²) in [4.78, 5) is 12.5. The Labute approximate surface area is 114 Å². The van der Waals surface area contributed by atoms with Gasteiger partial charge in [0.25, 0.3) is 5.69 Å².